The van der Waals surface area contributed by atoms with E-state index in [0.717, 1.165) is 17.3 Å². The highest BCUT2D eigenvalue weighted by atomic mass is 16.2. The van der Waals surface area contributed by atoms with Crippen LogP contribution in [0, 0.1) is 23.7 Å². The molecule has 5 rings (SSSR count). The molecule has 1 aliphatic heterocycles. The molecule has 0 radical (unpaired) electrons. The quantitative estimate of drug-likeness (QED) is 0.599. The lowest BCUT2D eigenvalue weighted by atomic mass is 9.85. The Morgan fingerprint density at radius 3 is 2.32 bits per heavy atom. The number of amides is 2. The minimum atomic E-state index is -0.171. The largest absolute Gasteiger partial charge is 0.274 e. The van der Waals surface area contributed by atoms with Crippen molar-refractivity contribution in [1.82, 2.24) is 4.98 Å². The van der Waals surface area contributed by atoms with Crippen LogP contribution >= 0.6 is 0 Å². The van der Waals surface area contributed by atoms with Crippen LogP contribution in [0.4, 0.5) is 5.82 Å². The Balaban J connectivity index is 1.60. The van der Waals surface area contributed by atoms with Gasteiger partial charge in [-0.15, -0.1) is 0 Å². The van der Waals surface area contributed by atoms with Crippen LogP contribution in [0.25, 0.3) is 10.9 Å². The van der Waals surface area contributed by atoms with Gasteiger partial charge < -0.3 is 0 Å². The Hall–Kier alpha value is -2.49. The first-order chi connectivity index (χ1) is 10.7. The van der Waals surface area contributed by atoms with Crippen LogP contribution in [-0.2, 0) is 9.59 Å². The van der Waals surface area contributed by atoms with E-state index in [2.05, 4.69) is 17.1 Å². The predicted octanol–water partition coefficient (Wildman–Crippen LogP) is 2.55. The van der Waals surface area contributed by atoms with Crippen molar-refractivity contribution < 1.29 is 9.59 Å². The number of hydrogen-bond donors (Lipinski definition) is 0. The molecule has 1 aromatic carbocycles. The summed E-state index contributed by atoms with van der Waals surface area (Å²) in [5, 5.41) is 1.01. The van der Waals surface area contributed by atoms with Gasteiger partial charge in [0.15, 0.2) is 0 Å². The number of carbonyl (C=O) groups excluding carboxylic acids is 2. The summed E-state index contributed by atoms with van der Waals surface area (Å²) in [6.07, 6.45) is 5.16. The molecule has 4 nitrogen and oxygen atoms in total. The molecule has 22 heavy (non-hydrogen) atoms. The Labute approximate surface area is 127 Å². The molecule has 0 N–H and O–H groups in total. The van der Waals surface area contributed by atoms with E-state index in [-0.39, 0.29) is 35.5 Å². The number of aromatic nitrogens is 1. The van der Waals surface area contributed by atoms with Gasteiger partial charge in [-0.3, -0.25) is 9.59 Å². The second kappa shape index (κ2) is 4.03. The van der Waals surface area contributed by atoms with Crippen molar-refractivity contribution in [3.63, 3.8) is 0 Å². The van der Waals surface area contributed by atoms with Gasteiger partial charge in [0.2, 0.25) is 11.8 Å². The van der Waals surface area contributed by atoms with Crippen LogP contribution in [0.3, 0.4) is 0 Å². The fourth-order valence-corrected chi connectivity index (χ4v) is 4.31. The molecule has 2 fully saturated rings. The lowest BCUT2D eigenvalue weighted by molar-refractivity contribution is -0.123. The minimum absolute atomic E-state index is 0.0744. The number of fused-ring (bicyclic) bond motifs is 6. The van der Waals surface area contributed by atoms with Crippen molar-refractivity contribution in [2.45, 2.75) is 6.42 Å². The molecule has 2 heterocycles. The number of allylic oxidation sites excluding steroid dienone is 2. The smallest absolute Gasteiger partial charge is 0.239 e. The van der Waals surface area contributed by atoms with E-state index in [0.29, 0.717) is 5.82 Å². The van der Waals surface area contributed by atoms with Crippen molar-refractivity contribution in [2.75, 3.05) is 4.90 Å². The van der Waals surface area contributed by atoms with Gasteiger partial charge in [-0.05, 0) is 36.5 Å². The molecule has 0 spiro atoms. The highest BCUT2D eigenvalue weighted by molar-refractivity contribution is 6.22. The Morgan fingerprint density at radius 2 is 1.59 bits per heavy atom. The third-order valence-corrected chi connectivity index (χ3v) is 5.28. The normalized spacial score (nSPS) is 32.3. The number of hydrogen-bond acceptors (Lipinski definition) is 3. The molecule has 1 saturated carbocycles. The van der Waals surface area contributed by atoms with Crippen LogP contribution in [0.15, 0.2) is 48.6 Å². The van der Waals surface area contributed by atoms with Crippen molar-refractivity contribution in [3.8, 4) is 0 Å². The molecule has 108 valence electrons. The molecule has 2 aliphatic carbocycles. The summed E-state index contributed by atoms with van der Waals surface area (Å²) in [5.41, 5.74) is 0.804. The number of nitrogens with zero attached hydrogens (tertiary/aromatic N) is 2. The summed E-state index contributed by atoms with van der Waals surface area (Å²) < 4.78 is 0. The van der Waals surface area contributed by atoms with Gasteiger partial charge >= 0.3 is 0 Å². The van der Waals surface area contributed by atoms with Gasteiger partial charge in [0.1, 0.15) is 5.82 Å². The van der Waals surface area contributed by atoms with E-state index in [1.165, 1.54) is 4.90 Å². The lowest BCUT2D eigenvalue weighted by Gasteiger charge is -2.16. The summed E-state index contributed by atoms with van der Waals surface area (Å²) in [5.74, 6) is 0.437. The van der Waals surface area contributed by atoms with Crippen molar-refractivity contribution >= 4 is 28.5 Å². The number of carbonyl (C=O) groups is 2. The SMILES string of the molecule is O=C1[C@@H]2[C@@H](C(=O)N1c1ccc3ccccc3n1)[C@@H]1C=C[C@@H]2C1. The maximum absolute atomic E-state index is 12.8. The molecular weight excluding hydrogens is 276 g/mol. The van der Waals surface area contributed by atoms with Crippen LogP contribution in [-0.4, -0.2) is 16.8 Å². The number of anilines is 1. The summed E-state index contributed by atoms with van der Waals surface area (Å²) in [7, 11) is 0. The molecule has 2 bridgehead atoms. The number of benzene rings is 1. The second-order valence-electron chi connectivity index (χ2n) is 6.37. The molecule has 1 aromatic heterocycles. The Morgan fingerprint density at radius 1 is 0.909 bits per heavy atom. The Kier molecular flexibility index (Phi) is 2.22. The zero-order chi connectivity index (χ0) is 14.8. The minimum Gasteiger partial charge on any atom is -0.274 e. The van der Waals surface area contributed by atoms with Crippen molar-refractivity contribution in [3.05, 3.63) is 48.6 Å². The predicted molar refractivity (Wildman–Crippen MR) is 82.0 cm³/mol. The molecular formula is C18H14N2O2. The van der Waals surface area contributed by atoms with Crippen LogP contribution in [0.5, 0.6) is 0 Å². The topological polar surface area (TPSA) is 50.3 Å². The molecule has 2 amide bonds. The van der Waals surface area contributed by atoms with E-state index in [9.17, 15) is 9.59 Å². The monoisotopic (exact) mass is 290 g/mol. The van der Waals surface area contributed by atoms with E-state index in [1.807, 2.05) is 30.3 Å². The van der Waals surface area contributed by atoms with E-state index in [4.69, 9.17) is 0 Å². The first kappa shape index (κ1) is 12.1. The number of para-hydroxylation sites is 1. The molecule has 3 aliphatic rings. The van der Waals surface area contributed by atoms with Crippen molar-refractivity contribution in [1.29, 1.82) is 0 Å². The van der Waals surface area contributed by atoms with Gasteiger partial charge in [-0.2, -0.15) is 0 Å². The maximum Gasteiger partial charge on any atom is 0.239 e. The average Bonchev–Trinajstić information content (AvgIpc) is 3.21. The molecule has 4 heteroatoms. The summed E-state index contributed by atoms with van der Waals surface area (Å²) in [6, 6.07) is 11.4. The van der Waals surface area contributed by atoms with E-state index >= 15 is 0 Å². The standard InChI is InChI=1S/C18H14N2O2/c21-17-15-11-5-6-12(9-11)16(15)18(22)20(17)14-8-7-10-3-1-2-4-13(10)19-14/h1-8,11-12,15-16H,9H2/t11-,12-,15+,16+/m1/s1. The first-order valence-electron chi connectivity index (χ1n) is 7.66. The third-order valence-electron chi connectivity index (χ3n) is 5.28. The summed E-state index contributed by atoms with van der Waals surface area (Å²) in [4.78, 5) is 31.3. The van der Waals surface area contributed by atoms with E-state index in [1.54, 1.807) is 6.07 Å². The molecule has 1 saturated heterocycles. The van der Waals surface area contributed by atoms with E-state index < -0.39 is 0 Å². The maximum atomic E-state index is 12.8. The number of pyridine rings is 1. The summed E-state index contributed by atoms with van der Waals surface area (Å²) >= 11 is 0. The summed E-state index contributed by atoms with van der Waals surface area (Å²) in [6.45, 7) is 0. The molecule has 4 atom stereocenters. The van der Waals surface area contributed by atoms with Gasteiger partial charge in [-0.25, -0.2) is 9.88 Å². The number of imide groups is 1. The second-order valence-corrected chi connectivity index (χ2v) is 6.37. The first-order valence-corrected chi connectivity index (χ1v) is 7.66. The van der Waals surface area contributed by atoms with Gasteiger partial charge in [0, 0.05) is 5.39 Å². The fourth-order valence-electron chi connectivity index (χ4n) is 4.31. The Bertz CT molecular complexity index is 827. The molecule has 2 aromatic rings. The third kappa shape index (κ3) is 1.39. The van der Waals surface area contributed by atoms with Crippen LogP contribution in [0.2, 0.25) is 0 Å². The zero-order valence-electron chi connectivity index (χ0n) is 11.8. The van der Waals surface area contributed by atoms with Crippen LogP contribution in [0.1, 0.15) is 6.42 Å². The molecule has 0 unspecified atom stereocenters. The number of rotatable bonds is 1. The highest BCUT2D eigenvalue weighted by Gasteiger charge is 2.59. The van der Waals surface area contributed by atoms with Crippen molar-refractivity contribution in [2.24, 2.45) is 23.7 Å². The van der Waals surface area contributed by atoms with Crippen LogP contribution < -0.4 is 4.90 Å². The zero-order valence-corrected chi connectivity index (χ0v) is 11.8. The lowest BCUT2D eigenvalue weighted by Crippen LogP contribution is -2.33. The fraction of sp³-hybridized carbons (Fsp3) is 0.278. The van der Waals surface area contributed by atoms with Gasteiger partial charge in [-0.1, -0.05) is 30.4 Å². The van der Waals surface area contributed by atoms with Gasteiger partial charge in [0.05, 0.1) is 17.4 Å². The average molecular weight is 290 g/mol. The van der Waals surface area contributed by atoms with Gasteiger partial charge in [0.25, 0.3) is 0 Å². The highest BCUT2D eigenvalue weighted by Crippen LogP contribution is 2.53.